The summed E-state index contributed by atoms with van der Waals surface area (Å²) in [5, 5.41) is 7.51. The van der Waals surface area contributed by atoms with Gasteiger partial charge in [-0.15, -0.1) is 5.10 Å². The van der Waals surface area contributed by atoms with Gasteiger partial charge in [-0.2, -0.15) is 4.98 Å². The maximum absolute atomic E-state index is 5.37. The topological polar surface area (TPSA) is 90.7 Å². The normalized spacial score (nSPS) is 10.6. The lowest BCUT2D eigenvalue weighted by Crippen LogP contribution is -2.01. The molecule has 6 nitrogen and oxygen atoms in total. The van der Waals surface area contributed by atoms with E-state index in [1.807, 2.05) is 0 Å². The number of aromatic nitrogens is 4. The van der Waals surface area contributed by atoms with Gasteiger partial charge in [-0.05, 0) is 24.5 Å². The first kappa shape index (κ1) is 9.22. The maximum atomic E-state index is 5.37. The molecule has 2 aromatic rings. The molecule has 0 fully saturated rings. The molecule has 0 amide bonds. The highest BCUT2D eigenvalue weighted by Crippen LogP contribution is 2.19. The Kier molecular flexibility index (Phi) is 2.80. The van der Waals surface area contributed by atoms with Crippen LogP contribution in [0.25, 0.3) is 10.8 Å². The van der Waals surface area contributed by atoms with Crippen LogP contribution in [0.4, 0.5) is 0 Å². The second kappa shape index (κ2) is 4.25. The van der Waals surface area contributed by atoms with E-state index in [0.717, 1.165) is 17.7 Å². The minimum Gasteiger partial charge on any atom is -0.333 e. The van der Waals surface area contributed by atoms with Crippen molar-refractivity contribution in [2.45, 2.75) is 12.8 Å². The van der Waals surface area contributed by atoms with E-state index in [1.165, 1.54) is 11.5 Å². The third-order valence-corrected chi connectivity index (χ3v) is 2.30. The summed E-state index contributed by atoms with van der Waals surface area (Å²) in [6.45, 7) is 0.631. The van der Waals surface area contributed by atoms with Crippen molar-refractivity contribution in [2.24, 2.45) is 5.73 Å². The van der Waals surface area contributed by atoms with Crippen molar-refractivity contribution in [1.29, 1.82) is 0 Å². The fraction of sp³-hybridized carbons (Fsp3) is 0.429. The van der Waals surface area contributed by atoms with Crippen LogP contribution >= 0.6 is 11.5 Å². The van der Waals surface area contributed by atoms with Crippen LogP contribution in [-0.2, 0) is 6.42 Å². The van der Waals surface area contributed by atoms with Gasteiger partial charge in [-0.1, -0.05) is 9.64 Å². The highest BCUT2D eigenvalue weighted by molar-refractivity contribution is 7.09. The molecule has 0 atom stereocenters. The predicted molar refractivity (Wildman–Crippen MR) is 50.6 cm³/mol. The van der Waals surface area contributed by atoms with E-state index < -0.39 is 0 Å². The molecule has 74 valence electrons. The van der Waals surface area contributed by atoms with Crippen LogP contribution in [-0.4, -0.2) is 26.3 Å². The van der Waals surface area contributed by atoms with E-state index in [9.17, 15) is 0 Å². The fourth-order valence-corrected chi connectivity index (χ4v) is 1.41. The van der Waals surface area contributed by atoms with Crippen molar-refractivity contribution in [3.05, 3.63) is 12.0 Å². The molecule has 0 unspecified atom stereocenters. The second-order valence-electron chi connectivity index (χ2n) is 2.69. The number of nitrogens with zero attached hydrogens (tertiary/aromatic N) is 4. The summed E-state index contributed by atoms with van der Waals surface area (Å²) in [6.07, 6.45) is 3.21. The summed E-state index contributed by atoms with van der Waals surface area (Å²) in [6, 6.07) is 0. The van der Waals surface area contributed by atoms with Crippen LogP contribution < -0.4 is 5.73 Å². The van der Waals surface area contributed by atoms with E-state index in [4.69, 9.17) is 10.3 Å². The Morgan fingerprint density at radius 1 is 1.50 bits per heavy atom. The van der Waals surface area contributed by atoms with Crippen molar-refractivity contribution >= 4 is 11.5 Å². The van der Waals surface area contributed by atoms with Crippen molar-refractivity contribution in [3.63, 3.8) is 0 Å². The predicted octanol–water partition coefficient (Wildman–Crippen LogP) is 0.479. The molecule has 0 saturated carbocycles. The van der Waals surface area contributed by atoms with Gasteiger partial charge in [-0.25, -0.2) is 0 Å². The van der Waals surface area contributed by atoms with Crippen LogP contribution in [0.2, 0.25) is 0 Å². The molecule has 0 bridgehead atoms. The van der Waals surface area contributed by atoms with Crippen molar-refractivity contribution in [1.82, 2.24) is 19.7 Å². The lowest BCUT2D eigenvalue weighted by Gasteiger charge is -1.87. The molecule has 2 rings (SSSR count). The van der Waals surface area contributed by atoms with Gasteiger partial charge in [0.05, 0.1) is 6.20 Å². The molecule has 0 aliphatic carbocycles. The Hall–Kier alpha value is -1.34. The van der Waals surface area contributed by atoms with Gasteiger partial charge in [0.1, 0.15) is 4.88 Å². The molecule has 0 aromatic carbocycles. The van der Waals surface area contributed by atoms with Gasteiger partial charge in [0.2, 0.25) is 0 Å². The molecule has 2 aromatic heterocycles. The highest BCUT2D eigenvalue weighted by atomic mass is 32.1. The fourth-order valence-electron chi connectivity index (χ4n) is 0.977. The molecule has 0 saturated heterocycles. The summed E-state index contributed by atoms with van der Waals surface area (Å²) in [7, 11) is 0. The van der Waals surface area contributed by atoms with E-state index in [2.05, 4.69) is 19.7 Å². The lowest BCUT2D eigenvalue weighted by molar-refractivity contribution is 0.422. The first-order valence-electron chi connectivity index (χ1n) is 4.20. The molecule has 0 spiro atoms. The number of aryl methyl sites for hydroxylation is 1. The Bertz CT molecular complexity index is 384. The maximum Gasteiger partial charge on any atom is 0.271 e. The first-order valence-corrected chi connectivity index (χ1v) is 4.98. The second-order valence-corrected chi connectivity index (χ2v) is 3.48. The quantitative estimate of drug-likeness (QED) is 0.790. The highest BCUT2D eigenvalue weighted by Gasteiger charge is 2.09. The van der Waals surface area contributed by atoms with Crippen LogP contribution in [0.1, 0.15) is 12.2 Å². The lowest BCUT2D eigenvalue weighted by atomic mass is 10.3. The molecular formula is C7H9N5OS. The van der Waals surface area contributed by atoms with E-state index >= 15 is 0 Å². The summed E-state index contributed by atoms with van der Waals surface area (Å²) in [5.41, 5.74) is 5.37. The van der Waals surface area contributed by atoms with Gasteiger partial charge in [0.15, 0.2) is 5.82 Å². The van der Waals surface area contributed by atoms with Gasteiger partial charge < -0.3 is 10.3 Å². The molecule has 7 heteroatoms. The average Bonchev–Trinajstić information content (AvgIpc) is 2.85. The number of hydrogen-bond acceptors (Lipinski definition) is 7. The minimum absolute atomic E-state index is 0.479. The van der Waals surface area contributed by atoms with E-state index in [0.29, 0.717) is 18.3 Å². The molecule has 14 heavy (non-hydrogen) atoms. The standard InChI is InChI=1S/C7H9N5OS/c8-3-1-2-6-10-7(13-11-6)5-4-9-12-14-5/h4H,1-3,8H2. The number of hydrogen-bond donors (Lipinski definition) is 1. The number of rotatable bonds is 4. The van der Waals surface area contributed by atoms with Crippen molar-refractivity contribution < 1.29 is 4.52 Å². The Balaban J connectivity index is 2.10. The molecule has 0 aliphatic rings. The van der Waals surface area contributed by atoms with Crippen LogP contribution in [0.5, 0.6) is 0 Å². The molecule has 0 radical (unpaired) electrons. The first-order chi connectivity index (χ1) is 6.90. The minimum atomic E-state index is 0.479. The average molecular weight is 211 g/mol. The molecule has 2 N–H and O–H groups in total. The Morgan fingerprint density at radius 2 is 2.43 bits per heavy atom. The van der Waals surface area contributed by atoms with Crippen molar-refractivity contribution in [2.75, 3.05) is 6.54 Å². The zero-order chi connectivity index (χ0) is 9.80. The van der Waals surface area contributed by atoms with E-state index in [1.54, 1.807) is 6.20 Å². The summed E-state index contributed by atoms with van der Waals surface area (Å²) in [5.74, 6) is 1.16. The molecular weight excluding hydrogens is 202 g/mol. The SMILES string of the molecule is NCCCc1noc(-c2cnns2)n1. The van der Waals surface area contributed by atoms with Gasteiger partial charge in [0, 0.05) is 6.42 Å². The zero-order valence-electron chi connectivity index (χ0n) is 7.38. The summed E-state index contributed by atoms with van der Waals surface area (Å²) < 4.78 is 8.75. The summed E-state index contributed by atoms with van der Waals surface area (Å²) in [4.78, 5) is 4.98. The number of nitrogens with two attached hydrogens (primary N) is 1. The van der Waals surface area contributed by atoms with Crippen molar-refractivity contribution in [3.8, 4) is 10.8 Å². The van der Waals surface area contributed by atoms with E-state index in [-0.39, 0.29) is 0 Å². The van der Waals surface area contributed by atoms with Gasteiger partial charge in [-0.3, -0.25) is 0 Å². The van der Waals surface area contributed by atoms with Gasteiger partial charge in [0.25, 0.3) is 5.89 Å². The third-order valence-electron chi connectivity index (χ3n) is 1.64. The molecule has 2 heterocycles. The third kappa shape index (κ3) is 1.94. The van der Waals surface area contributed by atoms with Gasteiger partial charge >= 0.3 is 0 Å². The zero-order valence-corrected chi connectivity index (χ0v) is 8.20. The van der Waals surface area contributed by atoms with Crippen LogP contribution in [0, 0.1) is 0 Å². The Morgan fingerprint density at radius 3 is 3.14 bits per heavy atom. The molecule has 0 aliphatic heterocycles. The van der Waals surface area contributed by atoms with Crippen LogP contribution in [0.15, 0.2) is 10.7 Å². The largest absolute Gasteiger partial charge is 0.333 e. The Labute approximate surface area is 84.3 Å². The summed E-state index contributed by atoms with van der Waals surface area (Å²) >= 11 is 1.23. The smallest absolute Gasteiger partial charge is 0.271 e. The van der Waals surface area contributed by atoms with Crippen LogP contribution in [0.3, 0.4) is 0 Å². The monoisotopic (exact) mass is 211 g/mol.